The number of carbonyl (C=O) groups is 1. The molecule has 0 aromatic heterocycles. The molecular formula is C57H94O14. The Morgan fingerprint density at radius 3 is 1.44 bits per heavy atom. The van der Waals surface area contributed by atoms with Gasteiger partial charge in [-0.1, -0.05) is 156 Å². The molecule has 2 aliphatic rings. The highest BCUT2D eigenvalue weighted by atomic mass is 16.7. The molecule has 0 aromatic rings. The average molecular weight is 1000 g/mol. The van der Waals surface area contributed by atoms with Crippen LogP contribution in [0.3, 0.4) is 0 Å². The molecule has 2 heterocycles. The Morgan fingerprint density at radius 1 is 0.479 bits per heavy atom. The molecule has 0 saturated carbocycles. The van der Waals surface area contributed by atoms with Crippen LogP contribution in [0.4, 0.5) is 0 Å². The Balaban J connectivity index is 1.76. The van der Waals surface area contributed by atoms with E-state index in [0.717, 1.165) is 109 Å². The van der Waals surface area contributed by atoms with Gasteiger partial charge in [-0.2, -0.15) is 0 Å². The lowest BCUT2D eigenvalue weighted by Gasteiger charge is -2.42. The molecule has 0 amide bonds. The van der Waals surface area contributed by atoms with Crippen molar-refractivity contribution in [2.75, 3.05) is 33.0 Å². The largest absolute Gasteiger partial charge is 0.457 e. The van der Waals surface area contributed by atoms with Gasteiger partial charge in [-0.05, 0) is 89.9 Å². The van der Waals surface area contributed by atoms with Crippen molar-refractivity contribution in [3.05, 3.63) is 97.2 Å². The number of carbonyl (C=O) groups excluding carboxylic acids is 1. The van der Waals surface area contributed by atoms with Gasteiger partial charge in [0.1, 0.15) is 54.9 Å². The Morgan fingerprint density at radius 2 is 0.915 bits per heavy atom. The van der Waals surface area contributed by atoms with Crippen molar-refractivity contribution in [1.82, 2.24) is 0 Å². The van der Waals surface area contributed by atoms with E-state index in [9.17, 15) is 40.5 Å². The van der Waals surface area contributed by atoms with Crippen LogP contribution in [0.1, 0.15) is 155 Å². The van der Waals surface area contributed by atoms with Crippen molar-refractivity contribution < 1.29 is 69.0 Å². The predicted molar refractivity (Wildman–Crippen MR) is 279 cm³/mol. The van der Waals surface area contributed by atoms with Crippen LogP contribution < -0.4 is 0 Å². The zero-order valence-corrected chi connectivity index (χ0v) is 43.2. The monoisotopic (exact) mass is 1000 g/mol. The molecule has 0 radical (unpaired) electrons. The Hall–Kier alpha value is -3.09. The summed E-state index contributed by atoms with van der Waals surface area (Å²) in [5, 5.41) is 72.2. The first-order valence-electron chi connectivity index (χ1n) is 26.8. The maximum absolute atomic E-state index is 13.0. The lowest BCUT2D eigenvalue weighted by atomic mass is 9.98. The first kappa shape index (κ1) is 64.0. The zero-order valence-electron chi connectivity index (χ0n) is 43.2. The molecule has 2 rings (SSSR count). The molecule has 0 aliphatic carbocycles. The number of unbranched alkanes of at least 4 members (excludes halogenated alkanes) is 11. The van der Waals surface area contributed by atoms with Gasteiger partial charge in [-0.3, -0.25) is 4.79 Å². The van der Waals surface area contributed by atoms with Crippen LogP contribution >= 0.6 is 0 Å². The molecule has 14 nitrogen and oxygen atoms in total. The second kappa shape index (κ2) is 43.3. The van der Waals surface area contributed by atoms with Gasteiger partial charge in [0.25, 0.3) is 0 Å². The summed E-state index contributed by atoms with van der Waals surface area (Å²) in [7, 11) is 0. The highest BCUT2D eigenvalue weighted by Gasteiger charge is 2.47. The molecule has 0 spiro atoms. The molecule has 7 N–H and O–H groups in total. The van der Waals surface area contributed by atoms with Crippen molar-refractivity contribution in [2.24, 2.45) is 0 Å². The quantitative estimate of drug-likeness (QED) is 0.0174. The number of hydrogen-bond donors (Lipinski definition) is 7. The predicted octanol–water partition coefficient (Wildman–Crippen LogP) is 8.63. The molecule has 11 unspecified atom stereocenters. The molecule has 14 heteroatoms. The fourth-order valence-electron chi connectivity index (χ4n) is 7.74. The number of esters is 1. The fourth-order valence-corrected chi connectivity index (χ4v) is 7.74. The van der Waals surface area contributed by atoms with Gasteiger partial charge in [0.05, 0.1) is 26.4 Å². The number of hydrogen-bond acceptors (Lipinski definition) is 14. The second-order valence-corrected chi connectivity index (χ2v) is 18.3. The molecule has 2 saturated heterocycles. The number of aliphatic hydroxyl groups is 7. The normalized spacial score (nSPS) is 26.1. The van der Waals surface area contributed by atoms with Crippen LogP contribution in [0.25, 0.3) is 0 Å². The molecule has 71 heavy (non-hydrogen) atoms. The molecule has 406 valence electrons. The minimum absolute atomic E-state index is 0.0370. The highest BCUT2D eigenvalue weighted by molar-refractivity contribution is 5.69. The summed E-state index contributed by atoms with van der Waals surface area (Å²) < 4.78 is 34.3. The average Bonchev–Trinajstić information content (AvgIpc) is 3.37. The molecule has 2 aliphatic heterocycles. The van der Waals surface area contributed by atoms with Gasteiger partial charge in [0.15, 0.2) is 12.6 Å². The molecule has 2 fully saturated rings. The van der Waals surface area contributed by atoms with E-state index in [1.165, 1.54) is 19.3 Å². The highest BCUT2D eigenvalue weighted by Crippen LogP contribution is 2.26. The van der Waals surface area contributed by atoms with Gasteiger partial charge >= 0.3 is 5.97 Å². The molecule has 0 bridgehead atoms. The third-order valence-electron chi connectivity index (χ3n) is 12.1. The first-order chi connectivity index (χ1) is 34.6. The van der Waals surface area contributed by atoms with Crippen molar-refractivity contribution >= 4 is 5.97 Å². The Labute approximate surface area is 426 Å². The maximum atomic E-state index is 13.0. The number of rotatable bonds is 41. The van der Waals surface area contributed by atoms with Crippen molar-refractivity contribution in [3.63, 3.8) is 0 Å². The summed E-state index contributed by atoms with van der Waals surface area (Å²) in [5.41, 5.74) is 0. The van der Waals surface area contributed by atoms with Crippen molar-refractivity contribution in [2.45, 2.75) is 223 Å². The van der Waals surface area contributed by atoms with E-state index in [-0.39, 0.29) is 19.6 Å². The summed E-state index contributed by atoms with van der Waals surface area (Å²) in [6.07, 6.45) is 40.3. The van der Waals surface area contributed by atoms with Gasteiger partial charge in [-0.15, -0.1) is 0 Å². The van der Waals surface area contributed by atoms with Gasteiger partial charge < -0.3 is 64.2 Å². The van der Waals surface area contributed by atoms with Gasteiger partial charge in [-0.25, -0.2) is 0 Å². The Kier molecular flexibility index (Phi) is 39.1. The van der Waals surface area contributed by atoms with Crippen LogP contribution in [0.5, 0.6) is 0 Å². The number of allylic oxidation sites excluding steroid dienone is 16. The van der Waals surface area contributed by atoms with E-state index in [1.807, 2.05) is 0 Å². The summed E-state index contributed by atoms with van der Waals surface area (Å²) >= 11 is 0. The van der Waals surface area contributed by atoms with Crippen LogP contribution in [0.2, 0.25) is 0 Å². The summed E-state index contributed by atoms with van der Waals surface area (Å²) in [6, 6.07) is 0. The van der Waals surface area contributed by atoms with Crippen LogP contribution in [-0.4, -0.2) is 142 Å². The lowest BCUT2D eigenvalue weighted by molar-refractivity contribution is -0.332. The van der Waals surface area contributed by atoms with Crippen LogP contribution in [0, 0.1) is 0 Å². The smallest absolute Gasteiger partial charge is 0.306 e. The summed E-state index contributed by atoms with van der Waals surface area (Å²) in [5.74, 6) is -0.409. The lowest BCUT2D eigenvalue weighted by Crippen LogP contribution is -2.61. The van der Waals surface area contributed by atoms with Gasteiger partial charge in [0, 0.05) is 13.0 Å². The van der Waals surface area contributed by atoms with Gasteiger partial charge in [0.2, 0.25) is 0 Å². The number of aliphatic hydroxyl groups excluding tert-OH is 7. The third kappa shape index (κ3) is 30.6. The SMILES string of the molecule is CC/C=C\C/C=C\C/C=C\C/C=C\C/C=C\C/C=C\CCCCCCC(=O)OC(COCCCCCCCC/C=C\C/C=C\CCC)COC1OC(COC2OC(CO)C(O)C(O)C2O)C(O)C(O)C1O. The van der Waals surface area contributed by atoms with E-state index in [1.54, 1.807) is 0 Å². The van der Waals surface area contributed by atoms with E-state index < -0.39 is 86.7 Å². The van der Waals surface area contributed by atoms with E-state index in [4.69, 9.17) is 28.4 Å². The molecule has 0 aromatic carbocycles. The molecule has 11 atom stereocenters. The standard InChI is InChI=1S/C57H94O14/c1-3-5-7-9-11-13-15-17-19-20-21-22-23-24-25-26-27-28-30-32-34-36-38-40-49(59)69-46(43-66-41-39-37-35-33-31-29-18-16-14-12-10-8-6-4-2)44-67-56-55(65)53(63)51(61)48(71-56)45-68-57-54(64)52(62)50(60)47(42-58)70-57/h5,7-8,10-11,13-14,16-17,19,21-22,24-25,27-28,46-48,50-58,60-65H,3-4,6,9,12,15,18,20,23,26,29-45H2,1-2H3/b7-5-,10-8-,13-11-,16-14-,19-17-,22-21-,25-24-,28-27-. The minimum atomic E-state index is -1.72. The first-order valence-corrected chi connectivity index (χ1v) is 26.8. The van der Waals surface area contributed by atoms with Crippen molar-refractivity contribution in [3.8, 4) is 0 Å². The van der Waals surface area contributed by atoms with Crippen LogP contribution in [-0.2, 0) is 33.2 Å². The second-order valence-electron chi connectivity index (χ2n) is 18.3. The van der Waals surface area contributed by atoms with E-state index in [0.29, 0.717) is 13.0 Å². The van der Waals surface area contributed by atoms with E-state index >= 15 is 0 Å². The number of ether oxygens (including phenoxy) is 6. The topological polar surface area (TPSA) is 214 Å². The Bertz CT molecular complexity index is 1540. The maximum Gasteiger partial charge on any atom is 0.306 e. The fraction of sp³-hybridized carbons (Fsp3) is 0.702. The third-order valence-corrected chi connectivity index (χ3v) is 12.1. The minimum Gasteiger partial charge on any atom is -0.457 e. The zero-order chi connectivity index (χ0) is 51.6. The van der Waals surface area contributed by atoms with E-state index in [2.05, 4.69) is 111 Å². The van der Waals surface area contributed by atoms with Crippen molar-refractivity contribution in [1.29, 1.82) is 0 Å². The summed E-state index contributed by atoms with van der Waals surface area (Å²) in [4.78, 5) is 13.0. The summed E-state index contributed by atoms with van der Waals surface area (Å²) in [6.45, 7) is 3.42. The van der Waals surface area contributed by atoms with Crippen LogP contribution in [0.15, 0.2) is 97.2 Å². The molecular weight excluding hydrogens is 909 g/mol.